The highest BCUT2D eigenvalue weighted by Gasteiger charge is 2.11. The van der Waals surface area contributed by atoms with Crippen molar-refractivity contribution in [3.8, 4) is 5.88 Å². The van der Waals surface area contributed by atoms with E-state index in [4.69, 9.17) is 12.2 Å². The van der Waals surface area contributed by atoms with E-state index < -0.39 is 11.5 Å². The van der Waals surface area contributed by atoms with Gasteiger partial charge in [0.25, 0.3) is 11.5 Å². The summed E-state index contributed by atoms with van der Waals surface area (Å²) in [5.41, 5.74) is 2.05. The monoisotopic (exact) mass is 319 g/mol. The average Bonchev–Trinajstić information content (AvgIpc) is 2.55. The smallest absolute Gasteiger partial charge is 0.271 e. The molecule has 0 atom stereocenters. The van der Waals surface area contributed by atoms with Crippen molar-refractivity contribution in [2.45, 2.75) is 0 Å². The van der Waals surface area contributed by atoms with E-state index >= 15 is 0 Å². The molecule has 0 aromatic carbocycles. The Morgan fingerprint density at radius 1 is 1.36 bits per heavy atom. The zero-order valence-electron chi connectivity index (χ0n) is 11.8. The van der Waals surface area contributed by atoms with E-state index in [1.807, 2.05) is 0 Å². The number of pyridine rings is 1. The molecule has 0 saturated carbocycles. The predicted octanol–water partition coefficient (Wildman–Crippen LogP) is 0.318. The Hall–Kier alpha value is -2.81. The van der Waals surface area contributed by atoms with Crippen molar-refractivity contribution in [1.29, 1.82) is 0 Å². The van der Waals surface area contributed by atoms with Crippen LogP contribution in [0, 0.1) is 4.77 Å². The molecule has 0 aliphatic rings. The zero-order valence-corrected chi connectivity index (χ0v) is 12.7. The minimum absolute atomic E-state index is 0.0753. The second-order valence-electron chi connectivity index (χ2n) is 4.38. The number of aromatic hydroxyl groups is 1. The number of aromatic nitrogens is 3. The van der Waals surface area contributed by atoms with Crippen LogP contribution in [-0.2, 0) is 14.1 Å². The van der Waals surface area contributed by atoms with Crippen LogP contribution in [0.3, 0.4) is 0 Å². The van der Waals surface area contributed by atoms with Crippen molar-refractivity contribution in [2.24, 2.45) is 19.2 Å². The Morgan fingerprint density at radius 2 is 2.00 bits per heavy atom. The molecule has 0 aliphatic carbocycles. The van der Waals surface area contributed by atoms with Gasteiger partial charge in [0.2, 0.25) is 5.88 Å². The maximum Gasteiger partial charge on any atom is 0.271 e. The van der Waals surface area contributed by atoms with Gasteiger partial charge < -0.3 is 5.11 Å². The molecule has 2 aromatic heterocycles. The topological polar surface area (TPSA) is 102 Å². The van der Waals surface area contributed by atoms with Crippen LogP contribution in [0.15, 0.2) is 34.4 Å². The highest BCUT2D eigenvalue weighted by molar-refractivity contribution is 7.71. The Labute approximate surface area is 130 Å². The average molecular weight is 319 g/mol. The molecule has 0 radical (unpaired) electrons. The molecule has 0 saturated heterocycles. The lowest BCUT2D eigenvalue weighted by Crippen LogP contribution is -2.26. The Kier molecular flexibility index (Phi) is 4.47. The van der Waals surface area contributed by atoms with Gasteiger partial charge in [0.15, 0.2) is 4.77 Å². The number of hydrogen-bond acceptors (Lipinski definition) is 6. The van der Waals surface area contributed by atoms with E-state index in [0.29, 0.717) is 5.56 Å². The Bertz CT molecular complexity index is 854. The quantitative estimate of drug-likeness (QED) is 0.482. The summed E-state index contributed by atoms with van der Waals surface area (Å²) in [6.07, 6.45) is 4.02. The molecule has 114 valence electrons. The minimum atomic E-state index is -0.512. The highest BCUT2D eigenvalue weighted by Crippen LogP contribution is 2.09. The van der Waals surface area contributed by atoms with E-state index in [1.165, 1.54) is 47.8 Å². The summed E-state index contributed by atoms with van der Waals surface area (Å²) in [5, 5.41) is 13.6. The maximum atomic E-state index is 12.0. The lowest BCUT2D eigenvalue weighted by molar-refractivity contribution is 0.0955. The van der Waals surface area contributed by atoms with Gasteiger partial charge in [-0.15, -0.1) is 0 Å². The number of amides is 1. The van der Waals surface area contributed by atoms with Crippen LogP contribution >= 0.6 is 12.2 Å². The molecule has 0 unspecified atom stereocenters. The number of nitrogens with zero attached hydrogens (tertiary/aromatic N) is 4. The summed E-state index contributed by atoms with van der Waals surface area (Å²) < 4.78 is 2.63. The van der Waals surface area contributed by atoms with Crippen LogP contribution in [0.1, 0.15) is 15.9 Å². The number of nitrogens with one attached hydrogen (secondary N) is 1. The van der Waals surface area contributed by atoms with Gasteiger partial charge >= 0.3 is 0 Å². The van der Waals surface area contributed by atoms with Crippen molar-refractivity contribution in [3.05, 3.63) is 50.8 Å². The first kappa shape index (κ1) is 15.6. The van der Waals surface area contributed by atoms with Gasteiger partial charge in [-0.3, -0.25) is 23.7 Å². The molecular weight excluding hydrogens is 306 g/mol. The summed E-state index contributed by atoms with van der Waals surface area (Å²) >= 11 is 4.99. The second-order valence-corrected chi connectivity index (χ2v) is 4.74. The van der Waals surface area contributed by atoms with Crippen molar-refractivity contribution in [3.63, 3.8) is 0 Å². The van der Waals surface area contributed by atoms with E-state index in [9.17, 15) is 14.7 Å². The number of carbonyl (C=O) groups is 1. The van der Waals surface area contributed by atoms with Crippen LogP contribution < -0.4 is 11.0 Å². The van der Waals surface area contributed by atoms with Crippen molar-refractivity contribution < 1.29 is 9.90 Å². The molecule has 8 nitrogen and oxygen atoms in total. The van der Waals surface area contributed by atoms with Crippen LogP contribution in [0.25, 0.3) is 0 Å². The lowest BCUT2D eigenvalue weighted by Gasteiger charge is -2.08. The largest absolute Gasteiger partial charge is 0.494 e. The second kappa shape index (κ2) is 6.31. The first-order chi connectivity index (χ1) is 10.4. The number of hydrazone groups is 1. The van der Waals surface area contributed by atoms with Crippen LogP contribution in [0.2, 0.25) is 0 Å². The van der Waals surface area contributed by atoms with Gasteiger partial charge in [-0.2, -0.15) is 5.10 Å². The summed E-state index contributed by atoms with van der Waals surface area (Å²) in [6.45, 7) is 0. The Morgan fingerprint density at radius 3 is 2.64 bits per heavy atom. The van der Waals surface area contributed by atoms with Gasteiger partial charge in [0.1, 0.15) is 5.56 Å². The zero-order chi connectivity index (χ0) is 16.3. The molecule has 2 rings (SSSR count). The van der Waals surface area contributed by atoms with Crippen LogP contribution in [0.4, 0.5) is 0 Å². The maximum absolute atomic E-state index is 12.0. The molecule has 22 heavy (non-hydrogen) atoms. The van der Waals surface area contributed by atoms with Gasteiger partial charge in [0, 0.05) is 32.1 Å². The van der Waals surface area contributed by atoms with Crippen molar-refractivity contribution in [1.82, 2.24) is 19.5 Å². The third-order valence-corrected chi connectivity index (χ3v) is 3.52. The molecule has 2 N–H and O–H groups in total. The van der Waals surface area contributed by atoms with Gasteiger partial charge in [-0.25, -0.2) is 5.43 Å². The summed E-state index contributed by atoms with van der Waals surface area (Å²) in [6, 6.07) is 3.04. The number of hydrogen-bond donors (Lipinski definition) is 2. The third kappa shape index (κ3) is 2.93. The summed E-state index contributed by atoms with van der Waals surface area (Å²) in [4.78, 5) is 27.6. The first-order valence-electron chi connectivity index (χ1n) is 6.16. The normalized spacial score (nSPS) is 10.8. The van der Waals surface area contributed by atoms with Gasteiger partial charge in [-0.1, -0.05) is 0 Å². The molecular formula is C13H13N5O3S. The minimum Gasteiger partial charge on any atom is -0.494 e. The highest BCUT2D eigenvalue weighted by atomic mass is 32.1. The van der Waals surface area contributed by atoms with Gasteiger partial charge in [0.05, 0.1) is 6.21 Å². The number of rotatable bonds is 3. The molecule has 0 bridgehead atoms. The summed E-state index contributed by atoms with van der Waals surface area (Å²) in [7, 11) is 3.00. The van der Waals surface area contributed by atoms with Crippen LogP contribution in [-0.4, -0.2) is 31.3 Å². The standard InChI is InChI=1S/C13H13N5O3S/c1-17-11(20)9(12(21)18(2)13(17)22)7-15-16-10(19)8-3-5-14-6-4-8/h3-7,20H,1-2H3,(H,16,19)/b15-7-. The molecule has 0 spiro atoms. The van der Waals surface area contributed by atoms with Gasteiger partial charge in [-0.05, 0) is 24.4 Å². The number of carbonyl (C=O) groups excluding carboxylic acids is 1. The fraction of sp³-hybridized carbons (Fsp3) is 0.154. The summed E-state index contributed by atoms with van der Waals surface area (Å²) in [5.74, 6) is -0.783. The third-order valence-electron chi connectivity index (χ3n) is 2.97. The fourth-order valence-electron chi connectivity index (χ4n) is 1.70. The predicted molar refractivity (Wildman–Crippen MR) is 82.5 cm³/mol. The van der Waals surface area contributed by atoms with Crippen LogP contribution in [0.5, 0.6) is 5.88 Å². The lowest BCUT2D eigenvalue weighted by atomic mass is 10.3. The van der Waals surface area contributed by atoms with E-state index in [-0.39, 0.29) is 16.2 Å². The molecule has 0 fully saturated rings. The molecule has 1 amide bonds. The molecule has 0 aliphatic heterocycles. The Balaban J connectivity index is 2.27. The van der Waals surface area contributed by atoms with E-state index in [2.05, 4.69) is 15.5 Å². The first-order valence-corrected chi connectivity index (χ1v) is 6.56. The van der Waals surface area contributed by atoms with E-state index in [0.717, 1.165) is 6.21 Å². The van der Waals surface area contributed by atoms with Crippen molar-refractivity contribution in [2.75, 3.05) is 0 Å². The van der Waals surface area contributed by atoms with E-state index in [1.54, 1.807) is 0 Å². The molecule has 2 heterocycles. The molecule has 9 heteroatoms. The van der Waals surface area contributed by atoms with Crippen molar-refractivity contribution >= 4 is 24.3 Å². The molecule has 2 aromatic rings. The SMILES string of the molecule is Cn1c(O)c(/C=N\NC(=O)c2ccncc2)c(=O)n(C)c1=S. The fourth-order valence-corrected chi connectivity index (χ4v) is 1.87.